The SMILES string of the molecule is Cc1cc(N2CCN3[C@@H](C2)CN(c2ccc(C#N)c4ncccc24)C[C@H]3C)cc(N2CC(C)(N)C2)n1. The van der Waals surface area contributed by atoms with E-state index >= 15 is 0 Å². The van der Waals surface area contributed by atoms with Crippen molar-refractivity contribution < 1.29 is 0 Å². The molecule has 0 bridgehead atoms. The largest absolute Gasteiger partial charge is 0.368 e. The van der Waals surface area contributed by atoms with Crippen molar-refractivity contribution >= 4 is 28.1 Å². The summed E-state index contributed by atoms with van der Waals surface area (Å²) >= 11 is 0. The molecule has 0 radical (unpaired) electrons. The van der Waals surface area contributed by atoms with Gasteiger partial charge in [-0.15, -0.1) is 0 Å². The molecule has 36 heavy (non-hydrogen) atoms. The van der Waals surface area contributed by atoms with Gasteiger partial charge < -0.3 is 20.4 Å². The Labute approximate surface area is 212 Å². The fraction of sp³-hybridized carbons (Fsp3) is 0.464. The first-order valence-corrected chi connectivity index (χ1v) is 12.9. The number of nitriles is 1. The van der Waals surface area contributed by atoms with Gasteiger partial charge in [-0.05, 0) is 51.1 Å². The molecule has 186 valence electrons. The number of anilines is 3. The Kier molecular flexibility index (Phi) is 5.51. The number of nitrogens with zero attached hydrogens (tertiary/aromatic N) is 7. The Morgan fingerprint density at radius 3 is 2.64 bits per heavy atom. The van der Waals surface area contributed by atoms with Crippen LogP contribution in [0.1, 0.15) is 25.1 Å². The maximum absolute atomic E-state index is 9.56. The monoisotopic (exact) mass is 482 g/mol. The normalized spacial score (nSPS) is 23.8. The zero-order valence-electron chi connectivity index (χ0n) is 21.4. The van der Waals surface area contributed by atoms with Gasteiger partial charge in [0.05, 0.1) is 11.1 Å². The molecule has 1 aromatic carbocycles. The molecule has 6 rings (SSSR count). The van der Waals surface area contributed by atoms with Gasteiger partial charge in [0.1, 0.15) is 11.9 Å². The summed E-state index contributed by atoms with van der Waals surface area (Å²) in [6.45, 7) is 13.2. The molecule has 5 heterocycles. The van der Waals surface area contributed by atoms with Crippen molar-refractivity contribution in [3.8, 4) is 6.07 Å². The Hall–Kier alpha value is -3.41. The third-order valence-corrected chi connectivity index (χ3v) is 7.94. The first-order chi connectivity index (χ1) is 17.3. The number of aryl methyl sites for hydroxylation is 1. The van der Waals surface area contributed by atoms with Gasteiger partial charge in [-0.2, -0.15) is 5.26 Å². The summed E-state index contributed by atoms with van der Waals surface area (Å²) in [7, 11) is 0. The number of hydrogen-bond donors (Lipinski definition) is 1. The zero-order chi connectivity index (χ0) is 25.0. The van der Waals surface area contributed by atoms with Crippen molar-refractivity contribution in [3.63, 3.8) is 0 Å². The maximum Gasteiger partial charge on any atom is 0.130 e. The molecular formula is C28H34N8. The Morgan fingerprint density at radius 1 is 1.06 bits per heavy atom. The fourth-order valence-electron chi connectivity index (χ4n) is 6.29. The van der Waals surface area contributed by atoms with Gasteiger partial charge in [0.15, 0.2) is 0 Å². The smallest absolute Gasteiger partial charge is 0.130 e. The quantitative estimate of drug-likeness (QED) is 0.610. The van der Waals surface area contributed by atoms with Crippen molar-refractivity contribution in [2.75, 3.05) is 60.5 Å². The second-order valence-corrected chi connectivity index (χ2v) is 11.1. The lowest BCUT2D eigenvalue weighted by atomic mass is 9.94. The standard InChI is InChI=1S/C28H34N8/c1-19-11-22(12-26(32-19)35-17-28(3,30)18-35)33-9-10-36-20(2)14-34(16-23(36)15-33)25-7-6-21(13-29)27-24(25)5-4-8-31-27/h4-8,11-12,20,23H,9-10,14-18,30H2,1-3H3/t20-,23+/m1/s1. The van der Waals surface area contributed by atoms with Gasteiger partial charge >= 0.3 is 0 Å². The Bertz CT molecular complexity index is 1340. The minimum Gasteiger partial charge on any atom is -0.368 e. The van der Waals surface area contributed by atoms with E-state index in [1.165, 1.54) is 11.4 Å². The van der Waals surface area contributed by atoms with Crippen molar-refractivity contribution in [2.45, 2.75) is 38.4 Å². The highest BCUT2D eigenvalue weighted by molar-refractivity contribution is 5.95. The summed E-state index contributed by atoms with van der Waals surface area (Å²) < 4.78 is 0. The average molecular weight is 483 g/mol. The van der Waals surface area contributed by atoms with E-state index in [-0.39, 0.29) is 5.54 Å². The fourth-order valence-corrected chi connectivity index (χ4v) is 6.29. The second-order valence-electron chi connectivity index (χ2n) is 11.1. The van der Waals surface area contributed by atoms with E-state index in [2.05, 4.69) is 75.7 Å². The number of piperazine rings is 2. The third-order valence-electron chi connectivity index (χ3n) is 7.94. The van der Waals surface area contributed by atoms with Gasteiger partial charge in [-0.1, -0.05) is 0 Å². The van der Waals surface area contributed by atoms with E-state index < -0.39 is 0 Å². The van der Waals surface area contributed by atoms with E-state index in [4.69, 9.17) is 10.7 Å². The van der Waals surface area contributed by atoms with Gasteiger partial charge in [0.2, 0.25) is 0 Å². The van der Waals surface area contributed by atoms with Gasteiger partial charge in [-0.3, -0.25) is 9.88 Å². The third kappa shape index (κ3) is 4.02. The van der Waals surface area contributed by atoms with Crippen LogP contribution in [-0.2, 0) is 0 Å². The van der Waals surface area contributed by atoms with Crippen LogP contribution < -0.4 is 20.4 Å². The molecule has 2 N–H and O–H groups in total. The molecule has 3 aromatic rings. The van der Waals surface area contributed by atoms with Crippen LogP contribution in [0.15, 0.2) is 42.6 Å². The molecule has 8 nitrogen and oxygen atoms in total. The Balaban J connectivity index is 1.25. The lowest BCUT2D eigenvalue weighted by Crippen LogP contribution is -2.66. The van der Waals surface area contributed by atoms with Crippen LogP contribution in [0.4, 0.5) is 17.2 Å². The van der Waals surface area contributed by atoms with Crippen LogP contribution in [0.5, 0.6) is 0 Å². The molecule has 2 aromatic heterocycles. The van der Waals surface area contributed by atoms with Crippen LogP contribution in [0.3, 0.4) is 0 Å². The lowest BCUT2D eigenvalue weighted by molar-refractivity contribution is 0.108. The second kappa shape index (κ2) is 8.61. The molecule has 2 atom stereocenters. The number of rotatable bonds is 3. The van der Waals surface area contributed by atoms with Crippen LogP contribution in [-0.4, -0.2) is 78.3 Å². The summed E-state index contributed by atoms with van der Waals surface area (Å²) in [5.74, 6) is 1.03. The molecule has 0 unspecified atom stereocenters. The number of pyridine rings is 2. The molecule has 3 aliphatic heterocycles. The zero-order valence-corrected chi connectivity index (χ0v) is 21.4. The van der Waals surface area contributed by atoms with E-state index in [0.717, 1.165) is 68.2 Å². The van der Waals surface area contributed by atoms with E-state index in [1.54, 1.807) is 6.20 Å². The van der Waals surface area contributed by atoms with E-state index in [1.807, 2.05) is 12.1 Å². The van der Waals surface area contributed by atoms with Gasteiger partial charge in [0, 0.05) is 98.2 Å². The van der Waals surface area contributed by atoms with Crippen molar-refractivity contribution in [3.05, 3.63) is 53.9 Å². The van der Waals surface area contributed by atoms with E-state index in [9.17, 15) is 5.26 Å². The molecule has 3 fully saturated rings. The minimum atomic E-state index is -0.121. The summed E-state index contributed by atoms with van der Waals surface area (Å²) in [4.78, 5) is 19.3. The number of hydrogen-bond acceptors (Lipinski definition) is 8. The summed E-state index contributed by atoms with van der Waals surface area (Å²) in [6, 6.07) is 15.7. The van der Waals surface area contributed by atoms with Crippen molar-refractivity contribution in [1.82, 2.24) is 14.9 Å². The average Bonchev–Trinajstić information content (AvgIpc) is 2.85. The van der Waals surface area contributed by atoms with Gasteiger partial charge in [-0.25, -0.2) is 4.98 Å². The predicted molar refractivity (Wildman–Crippen MR) is 145 cm³/mol. The first-order valence-electron chi connectivity index (χ1n) is 12.9. The highest BCUT2D eigenvalue weighted by Crippen LogP contribution is 2.34. The summed E-state index contributed by atoms with van der Waals surface area (Å²) in [5, 5.41) is 10.6. The molecule has 3 saturated heterocycles. The van der Waals surface area contributed by atoms with E-state index in [0.29, 0.717) is 17.6 Å². The van der Waals surface area contributed by atoms with Crippen LogP contribution in [0, 0.1) is 18.3 Å². The predicted octanol–water partition coefficient (Wildman–Crippen LogP) is 2.75. The molecule has 0 saturated carbocycles. The lowest BCUT2D eigenvalue weighted by Gasteiger charge is -2.52. The molecular weight excluding hydrogens is 448 g/mol. The van der Waals surface area contributed by atoms with Crippen LogP contribution in [0.25, 0.3) is 10.9 Å². The molecule has 0 amide bonds. The summed E-state index contributed by atoms with van der Waals surface area (Å²) in [5.41, 5.74) is 11.0. The number of fused-ring (bicyclic) bond motifs is 2. The molecule has 0 spiro atoms. The van der Waals surface area contributed by atoms with Gasteiger partial charge in [0.25, 0.3) is 0 Å². The van der Waals surface area contributed by atoms with Crippen LogP contribution in [0.2, 0.25) is 0 Å². The highest BCUT2D eigenvalue weighted by atomic mass is 15.4. The molecule has 3 aliphatic rings. The van der Waals surface area contributed by atoms with Crippen molar-refractivity contribution in [2.24, 2.45) is 5.73 Å². The number of benzene rings is 1. The number of aromatic nitrogens is 2. The minimum absolute atomic E-state index is 0.121. The highest BCUT2D eigenvalue weighted by Gasteiger charge is 2.38. The Morgan fingerprint density at radius 2 is 1.86 bits per heavy atom. The topological polar surface area (TPSA) is 88.5 Å². The molecule has 0 aliphatic carbocycles. The first kappa shape index (κ1) is 23.0. The summed E-state index contributed by atoms with van der Waals surface area (Å²) in [6.07, 6.45) is 1.77. The number of nitrogens with two attached hydrogens (primary N) is 1. The maximum atomic E-state index is 9.56. The van der Waals surface area contributed by atoms with Crippen LogP contribution >= 0.6 is 0 Å². The van der Waals surface area contributed by atoms with Crippen molar-refractivity contribution in [1.29, 1.82) is 5.26 Å². The molecule has 8 heteroatoms.